The van der Waals surface area contributed by atoms with E-state index in [4.69, 9.17) is 38.0 Å². The van der Waals surface area contributed by atoms with Crippen molar-refractivity contribution < 1.29 is 23.8 Å². The number of ether oxygens (including phenoxy) is 3. The Bertz CT molecular complexity index is 1010. The third kappa shape index (κ3) is 5.13. The maximum atomic E-state index is 12.9. The summed E-state index contributed by atoms with van der Waals surface area (Å²) < 4.78 is 16.1. The fourth-order valence-electron chi connectivity index (χ4n) is 2.66. The lowest BCUT2D eigenvalue weighted by Gasteiger charge is -2.14. The molecule has 0 spiro atoms. The first-order valence-electron chi connectivity index (χ1n) is 8.93. The summed E-state index contributed by atoms with van der Waals surface area (Å²) in [5.41, 5.74) is 1.39. The van der Waals surface area contributed by atoms with Gasteiger partial charge in [0.1, 0.15) is 0 Å². The number of benzene rings is 2. The fraction of sp³-hybridized carbons (Fsp3) is 0.190. The van der Waals surface area contributed by atoms with E-state index in [-0.39, 0.29) is 19.1 Å². The van der Waals surface area contributed by atoms with Gasteiger partial charge in [-0.25, -0.2) is 4.79 Å². The molecule has 0 unspecified atom stereocenters. The summed E-state index contributed by atoms with van der Waals surface area (Å²) in [4.78, 5) is 26.3. The third-order valence-corrected chi connectivity index (χ3v) is 5.57. The van der Waals surface area contributed by atoms with E-state index < -0.39 is 5.97 Å². The van der Waals surface area contributed by atoms with Crippen LogP contribution >= 0.6 is 35.6 Å². The average Bonchev–Trinajstić information content (AvgIpc) is 3.01. The topological polar surface area (TPSA) is 65.1 Å². The first-order chi connectivity index (χ1) is 14.4. The number of amides is 1. The van der Waals surface area contributed by atoms with Crippen LogP contribution in [0.3, 0.4) is 0 Å². The number of methoxy groups -OCH3 is 1. The summed E-state index contributed by atoms with van der Waals surface area (Å²) in [7, 11) is 1.50. The van der Waals surface area contributed by atoms with Gasteiger partial charge in [-0.15, -0.1) is 0 Å². The number of esters is 1. The molecule has 0 atom stereocenters. The Balaban J connectivity index is 1.79. The Morgan fingerprint density at radius 3 is 2.60 bits per heavy atom. The smallest absolute Gasteiger partial charge is 0.344 e. The molecule has 1 aliphatic heterocycles. The van der Waals surface area contributed by atoms with Crippen molar-refractivity contribution in [2.75, 3.05) is 25.2 Å². The van der Waals surface area contributed by atoms with Gasteiger partial charge in [0.05, 0.1) is 24.3 Å². The monoisotopic (exact) mass is 463 g/mol. The number of nitrogens with zero attached hydrogens (tertiary/aromatic N) is 1. The second-order valence-electron chi connectivity index (χ2n) is 6.00. The molecule has 0 saturated carbocycles. The Kier molecular flexibility index (Phi) is 7.36. The normalized spacial score (nSPS) is 14.9. The number of rotatable bonds is 7. The van der Waals surface area contributed by atoms with Crippen molar-refractivity contribution in [1.29, 1.82) is 0 Å². The van der Waals surface area contributed by atoms with Crippen molar-refractivity contribution >= 4 is 63.5 Å². The molecule has 1 saturated heterocycles. The van der Waals surface area contributed by atoms with Gasteiger partial charge in [0, 0.05) is 5.02 Å². The van der Waals surface area contributed by atoms with Crippen LogP contribution in [0, 0.1) is 0 Å². The number of halogens is 1. The third-order valence-electron chi connectivity index (χ3n) is 4.01. The molecule has 0 N–H and O–H groups in total. The largest absolute Gasteiger partial charge is 0.493 e. The van der Waals surface area contributed by atoms with Crippen LogP contribution in [0.25, 0.3) is 6.08 Å². The minimum Gasteiger partial charge on any atom is -0.493 e. The summed E-state index contributed by atoms with van der Waals surface area (Å²) in [6, 6.07) is 12.1. The van der Waals surface area contributed by atoms with Crippen molar-refractivity contribution in [3.63, 3.8) is 0 Å². The van der Waals surface area contributed by atoms with E-state index in [0.717, 1.165) is 5.56 Å². The molecule has 0 radical (unpaired) electrons. The van der Waals surface area contributed by atoms with Crippen molar-refractivity contribution in [2.45, 2.75) is 6.92 Å². The quantitative estimate of drug-likeness (QED) is 0.335. The Labute approximate surface area is 188 Å². The van der Waals surface area contributed by atoms with Crippen molar-refractivity contribution in [3.05, 3.63) is 58.0 Å². The zero-order valence-corrected chi connectivity index (χ0v) is 18.6. The molecule has 3 rings (SSSR count). The molecule has 156 valence electrons. The maximum Gasteiger partial charge on any atom is 0.344 e. The number of hydrogen-bond donors (Lipinski definition) is 0. The lowest BCUT2D eigenvalue weighted by Crippen LogP contribution is -2.27. The predicted molar refractivity (Wildman–Crippen MR) is 122 cm³/mol. The second kappa shape index (κ2) is 9.97. The minimum atomic E-state index is -0.463. The second-order valence-corrected chi connectivity index (χ2v) is 8.11. The van der Waals surface area contributed by atoms with Gasteiger partial charge in [0.2, 0.25) is 0 Å². The molecule has 1 amide bonds. The summed E-state index contributed by atoms with van der Waals surface area (Å²) >= 11 is 12.5. The molecular weight excluding hydrogens is 446 g/mol. The van der Waals surface area contributed by atoms with E-state index in [1.807, 2.05) is 0 Å². The van der Waals surface area contributed by atoms with Crippen molar-refractivity contribution in [3.8, 4) is 11.5 Å². The van der Waals surface area contributed by atoms with Crippen LogP contribution in [0.4, 0.5) is 5.69 Å². The summed E-state index contributed by atoms with van der Waals surface area (Å²) in [6.07, 6.45) is 1.73. The number of hydrogen-bond acceptors (Lipinski definition) is 7. The Morgan fingerprint density at radius 2 is 1.93 bits per heavy atom. The lowest BCUT2D eigenvalue weighted by atomic mass is 10.2. The van der Waals surface area contributed by atoms with Gasteiger partial charge in [-0.1, -0.05) is 41.6 Å². The number of anilines is 1. The summed E-state index contributed by atoms with van der Waals surface area (Å²) in [5.74, 6) is 0.154. The number of carbonyl (C=O) groups excluding carboxylic acids is 2. The summed E-state index contributed by atoms with van der Waals surface area (Å²) in [6.45, 7) is 1.79. The average molecular weight is 464 g/mol. The van der Waals surface area contributed by atoms with Crippen LogP contribution in [-0.4, -0.2) is 36.5 Å². The Hall–Kier alpha value is -2.55. The van der Waals surface area contributed by atoms with Crippen LogP contribution in [0.15, 0.2) is 47.4 Å². The number of thiocarbonyl (C=S) groups is 1. The van der Waals surface area contributed by atoms with Crippen molar-refractivity contribution in [1.82, 2.24) is 0 Å². The van der Waals surface area contributed by atoms with Gasteiger partial charge in [-0.2, -0.15) is 0 Å². The zero-order valence-electron chi connectivity index (χ0n) is 16.2. The molecular formula is C21H18ClNO5S2. The molecule has 6 nitrogen and oxygen atoms in total. The highest BCUT2D eigenvalue weighted by atomic mass is 35.5. The van der Waals surface area contributed by atoms with E-state index in [1.165, 1.54) is 23.8 Å². The van der Waals surface area contributed by atoms with Gasteiger partial charge < -0.3 is 14.2 Å². The highest BCUT2D eigenvalue weighted by Crippen LogP contribution is 2.37. The van der Waals surface area contributed by atoms with Crippen LogP contribution in [0.5, 0.6) is 11.5 Å². The van der Waals surface area contributed by atoms with E-state index in [2.05, 4.69) is 0 Å². The number of carbonyl (C=O) groups is 2. The molecule has 1 aliphatic rings. The van der Waals surface area contributed by atoms with E-state index in [0.29, 0.717) is 31.4 Å². The van der Waals surface area contributed by atoms with Gasteiger partial charge in [-0.3, -0.25) is 9.69 Å². The molecule has 1 fully saturated rings. The van der Waals surface area contributed by atoms with E-state index in [9.17, 15) is 9.59 Å². The van der Waals surface area contributed by atoms with Gasteiger partial charge in [0.25, 0.3) is 5.91 Å². The molecule has 2 aromatic rings. The predicted octanol–water partition coefficient (Wildman–Crippen LogP) is 4.70. The number of thioether (sulfide) groups is 1. The van der Waals surface area contributed by atoms with E-state index >= 15 is 0 Å². The molecule has 9 heteroatoms. The first-order valence-corrected chi connectivity index (χ1v) is 10.5. The lowest BCUT2D eigenvalue weighted by molar-refractivity contribution is -0.145. The molecule has 1 heterocycles. The molecule has 0 bridgehead atoms. The highest BCUT2D eigenvalue weighted by Gasteiger charge is 2.33. The van der Waals surface area contributed by atoms with Gasteiger partial charge >= 0.3 is 5.97 Å². The van der Waals surface area contributed by atoms with Crippen LogP contribution in [0.2, 0.25) is 5.02 Å². The highest BCUT2D eigenvalue weighted by molar-refractivity contribution is 8.27. The standard InChI is InChI=1S/C21H18ClNO5S2/c1-3-27-19(24)12-28-16-9-4-13(10-17(16)26-2)11-18-20(25)23(21(29)30-18)15-7-5-14(22)6-8-15/h4-11H,3,12H2,1-2H3/b18-11+. The SMILES string of the molecule is CCOC(=O)COc1ccc(/C=C2/SC(=S)N(c3ccc(Cl)cc3)C2=O)cc1OC. The van der Waals surface area contributed by atoms with Gasteiger partial charge in [-0.05, 0) is 55.0 Å². The molecule has 30 heavy (non-hydrogen) atoms. The fourth-order valence-corrected chi connectivity index (χ4v) is 4.09. The van der Waals surface area contributed by atoms with Crippen LogP contribution in [-0.2, 0) is 14.3 Å². The van der Waals surface area contributed by atoms with Crippen molar-refractivity contribution in [2.24, 2.45) is 0 Å². The van der Waals surface area contributed by atoms with Gasteiger partial charge in [0.15, 0.2) is 22.4 Å². The van der Waals surface area contributed by atoms with Crippen LogP contribution < -0.4 is 14.4 Å². The minimum absolute atomic E-state index is 0.214. The van der Waals surface area contributed by atoms with E-state index in [1.54, 1.807) is 55.5 Å². The zero-order chi connectivity index (χ0) is 21.7. The summed E-state index contributed by atoms with van der Waals surface area (Å²) in [5, 5.41) is 0.581. The molecule has 2 aromatic carbocycles. The molecule has 0 aromatic heterocycles. The maximum absolute atomic E-state index is 12.9. The first kappa shape index (κ1) is 22.1. The Morgan fingerprint density at radius 1 is 1.20 bits per heavy atom. The molecule has 0 aliphatic carbocycles. The van der Waals surface area contributed by atoms with Crippen LogP contribution in [0.1, 0.15) is 12.5 Å².